The van der Waals surface area contributed by atoms with Crippen LogP contribution in [0.1, 0.15) is 44.3 Å². The lowest BCUT2D eigenvalue weighted by atomic mass is 9.84. The second-order valence-electron chi connectivity index (χ2n) is 6.53. The van der Waals surface area contributed by atoms with Crippen molar-refractivity contribution in [2.75, 3.05) is 37.6 Å². The van der Waals surface area contributed by atoms with Crippen LogP contribution >= 0.6 is 11.5 Å². The average Bonchev–Trinajstić information content (AvgIpc) is 2.76. The Hall–Kier alpha value is -0.720. The van der Waals surface area contributed by atoms with Crippen LogP contribution in [0.5, 0.6) is 0 Å². The Morgan fingerprint density at radius 1 is 1.10 bits per heavy atom. The van der Waals surface area contributed by atoms with Gasteiger partial charge in [0.25, 0.3) is 0 Å². The molecule has 0 bridgehead atoms. The lowest BCUT2D eigenvalue weighted by Gasteiger charge is -2.36. The van der Waals surface area contributed by atoms with Gasteiger partial charge in [-0.1, -0.05) is 19.3 Å². The van der Waals surface area contributed by atoms with Gasteiger partial charge < -0.3 is 10.0 Å². The molecule has 0 radical (unpaired) electrons. The first-order chi connectivity index (χ1) is 10.1. The van der Waals surface area contributed by atoms with E-state index in [-0.39, 0.29) is 0 Å². The van der Waals surface area contributed by atoms with Crippen LogP contribution in [0.3, 0.4) is 0 Å². The molecule has 21 heavy (non-hydrogen) atoms. The SMILES string of the molecule is Cc1nsc(N2CCCN(CC3(O)CCCCC3)CC2)n1. The fourth-order valence-electron chi connectivity index (χ4n) is 3.52. The van der Waals surface area contributed by atoms with Crippen LogP contribution in [-0.2, 0) is 0 Å². The van der Waals surface area contributed by atoms with E-state index in [0.717, 1.165) is 62.9 Å². The number of rotatable bonds is 3. The summed E-state index contributed by atoms with van der Waals surface area (Å²) in [5, 5.41) is 11.8. The van der Waals surface area contributed by atoms with Gasteiger partial charge in [-0.25, -0.2) is 4.98 Å². The quantitative estimate of drug-likeness (QED) is 0.926. The van der Waals surface area contributed by atoms with Gasteiger partial charge in [0.15, 0.2) is 0 Å². The molecule has 0 spiro atoms. The molecule has 1 saturated carbocycles. The van der Waals surface area contributed by atoms with Crippen LogP contribution in [0, 0.1) is 6.92 Å². The maximum atomic E-state index is 10.7. The van der Waals surface area contributed by atoms with E-state index >= 15 is 0 Å². The zero-order valence-corrected chi connectivity index (χ0v) is 13.7. The topological polar surface area (TPSA) is 52.5 Å². The Morgan fingerprint density at radius 3 is 2.62 bits per heavy atom. The molecule has 6 heteroatoms. The number of hydrogen-bond acceptors (Lipinski definition) is 6. The molecule has 5 nitrogen and oxygen atoms in total. The Labute approximate surface area is 131 Å². The van der Waals surface area contributed by atoms with E-state index in [1.54, 1.807) is 0 Å². The van der Waals surface area contributed by atoms with Crippen molar-refractivity contribution in [2.45, 2.75) is 51.0 Å². The molecule has 0 amide bonds. The molecule has 1 aromatic heterocycles. The van der Waals surface area contributed by atoms with Gasteiger partial charge in [-0.3, -0.25) is 4.90 Å². The van der Waals surface area contributed by atoms with Crippen molar-refractivity contribution in [3.8, 4) is 0 Å². The minimum Gasteiger partial charge on any atom is -0.389 e. The Morgan fingerprint density at radius 2 is 1.90 bits per heavy atom. The second kappa shape index (κ2) is 6.58. The summed E-state index contributed by atoms with van der Waals surface area (Å²) in [7, 11) is 0. The molecule has 1 aliphatic heterocycles. The lowest BCUT2D eigenvalue weighted by Crippen LogP contribution is -2.45. The normalized spacial score (nSPS) is 24.0. The van der Waals surface area contributed by atoms with Gasteiger partial charge in [-0.05, 0) is 26.2 Å². The van der Waals surface area contributed by atoms with Crippen LogP contribution < -0.4 is 4.90 Å². The molecule has 3 rings (SSSR count). The van der Waals surface area contributed by atoms with E-state index in [1.807, 2.05) is 6.92 Å². The summed E-state index contributed by atoms with van der Waals surface area (Å²) in [6.07, 6.45) is 6.73. The van der Waals surface area contributed by atoms with Crippen molar-refractivity contribution < 1.29 is 5.11 Å². The van der Waals surface area contributed by atoms with E-state index in [1.165, 1.54) is 30.8 Å². The number of hydrogen-bond donors (Lipinski definition) is 1. The molecule has 2 fully saturated rings. The molecular formula is C15H26N4OS. The van der Waals surface area contributed by atoms with Crippen molar-refractivity contribution in [3.05, 3.63) is 5.82 Å². The number of nitrogens with zero attached hydrogens (tertiary/aromatic N) is 4. The predicted octanol–water partition coefficient (Wildman–Crippen LogP) is 2.05. The zero-order valence-electron chi connectivity index (χ0n) is 12.9. The molecule has 1 aromatic rings. The summed E-state index contributed by atoms with van der Waals surface area (Å²) >= 11 is 1.50. The standard InChI is InChI=1S/C15H26N4OS/c1-13-16-14(21-17-13)19-9-5-8-18(10-11-19)12-15(20)6-3-2-4-7-15/h20H,2-12H2,1H3. The van der Waals surface area contributed by atoms with Crippen LogP contribution in [0.2, 0.25) is 0 Å². The van der Waals surface area contributed by atoms with Gasteiger partial charge in [-0.2, -0.15) is 4.37 Å². The maximum absolute atomic E-state index is 10.7. The van der Waals surface area contributed by atoms with Gasteiger partial charge in [0, 0.05) is 44.3 Å². The molecule has 1 aliphatic carbocycles. The largest absolute Gasteiger partial charge is 0.389 e. The van der Waals surface area contributed by atoms with Gasteiger partial charge in [-0.15, -0.1) is 0 Å². The smallest absolute Gasteiger partial charge is 0.205 e. The molecule has 2 aliphatic rings. The molecule has 0 aromatic carbocycles. The number of anilines is 1. The molecular weight excluding hydrogens is 284 g/mol. The molecule has 0 atom stereocenters. The third kappa shape index (κ3) is 3.93. The Balaban J connectivity index is 1.55. The van der Waals surface area contributed by atoms with Gasteiger partial charge in [0.05, 0.1) is 5.60 Å². The van der Waals surface area contributed by atoms with Crippen LogP contribution in [0.25, 0.3) is 0 Å². The summed E-state index contributed by atoms with van der Waals surface area (Å²) in [6, 6.07) is 0. The first-order valence-electron chi connectivity index (χ1n) is 8.15. The molecule has 0 unspecified atom stereocenters. The Kier molecular flexibility index (Phi) is 4.76. The summed E-state index contributed by atoms with van der Waals surface area (Å²) in [6.45, 7) is 6.92. The number of β-amino-alcohol motifs (C(OH)–C–C–N with tert-alkyl or cyclic N) is 1. The molecule has 2 heterocycles. The molecule has 118 valence electrons. The number of aliphatic hydroxyl groups is 1. The summed E-state index contributed by atoms with van der Waals surface area (Å²) in [5.41, 5.74) is -0.438. The van der Waals surface area contributed by atoms with Crippen molar-refractivity contribution in [1.29, 1.82) is 0 Å². The second-order valence-corrected chi connectivity index (χ2v) is 7.26. The highest BCUT2D eigenvalue weighted by atomic mass is 32.1. The average molecular weight is 310 g/mol. The summed E-state index contributed by atoms with van der Waals surface area (Å²) in [5.74, 6) is 0.868. The van der Waals surface area contributed by atoms with Crippen LogP contribution in [0.4, 0.5) is 5.13 Å². The van der Waals surface area contributed by atoms with Gasteiger partial charge in [0.2, 0.25) is 5.13 Å². The fraction of sp³-hybridized carbons (Fsp3) is 0.867. The van der Waals surface area contributed by atoms with Crippen LogP contribution in [0.15, 0.2) is 0 Å². The summed E-state index contributed by atoms with van der Waals surface area (Å²) in [4.78, 5) is 9.28. The zero-order chi connectivity index (χ0) is 14.7. The molecule has 1 N–H and O–H groups in total. The third-order valence-corrected chi connectivity index (χ3v) is 5.55. The van der Waals surface area contributed by atoms with Crippen molar-refractivity contribution >= 4 is 16.7 Å². The van der Waals surface area contributed by atoms with E-state index in [0.29, 0.717) is 0 Å². The van der Waals surface area contributed by atoms with E-state index in [2.05, 4.69) is 19.2 Å². The van der Waals surface area contributed by atoms with Gasteiger partial charge >= 0.3 is 0 Å². The summed E-state index contributed by atoms with van der Waals surface area (Å²) < 4.78 is 4.28. The highest BCUT2D eigenvalue weighted by Gasteiger charge is 2.32. The highest BCUT2D eigenvalue weighted by Crippen LogP contribution is 2.29. The maximum Gasteiger partial charge on any atom is 0.205 e. The third-order valence-electron chi connectivity index (χ3n) is 4.68. The van der Waals surface area contributed by atoms with Crippen molar-refractivity contribution in [3.63, 3.8) is 0 Å². The lowest BCUT2D eigenvalue weighted by molar-refractivity contribution is -0.0248. The van der Waals surface area contributed by atoms with Crippen molar-refractivity contribution in [2.24, 2.45) is 0 Å². The van der Waals surface area contributed by atoms with Gasteiger partial charge in [0.1, 0.15) is 5.82 Å². The van der Waals surface area contributed by atoms with E-state index in [4.69, 9.17) is 0 Å². The monoisotopic (exact) mass is 310 g/mol. The molecule has 1 saturated heterocycles. The van der Waals surface area contributed by atoms with E-state index in [9.17, 15) is 5.11 Å². The number of aromatic nitrogens is 2. The fourth-order valence-corrected chi connectivity index (χ4v) is 4.24. The minimum atomic E-state index is -0.438. The van der Waals surface area contributed by atoms with Crippen LogP contribution in [-0.4, -0.2) is 57.7 Å². The van der Waals surface area contributed by atoms with E-state index < -0.39 is 5.60 Å². The predicted molar refractivity (Wildman–Crippen MR) is 86.0 cm³/mol. The number of aryl methyl sites for hydroxylation is 1. The van der Waals surface area contributed by atoms with Crippen molar-refractivity contribution in [1.82, 2.24) is 14.3 Å². The highest BCUT2D eigenvalue weighted by molar-refractivity contribution is 7.09. The Bertz CT molecular complexity index is 458. The minimum absolute atomic E-state index is 0.438. The first-order valence-corrected chi connectivity index (χ1v) is 8.92. The first kappa shape index (κ1) is 15.2.